The maximum absolute atomic E-state index is 5.66. The number of aromatic nitrogens is 2. The van der Waals surface area contributed by atoms with Crippen molar-refractivity contribution in [2.24, 2.45) is 4.99 Å². The molecule has 0 atom stereocenters. The highest BCUT2D eigenvalue weighted by atomic mass is 127. The summed E-state index contributed by atoms with van der Waals surface area (Å²) in [6.45, 7) is 8.08. The minimum Gasteiger partial charge on any atom is -0.490 e. The number of guanidine groups is 1. The number of rotatable bonds is 9. The second kappa shape index (κ2) is 12.4. The summed E-state index contributed by atoms with van der Waals surface area (Å²) in [5.41, 5.74) is 1.16. The average Bonchev–Trinajstić information content (AvgIpc) is 3.05. The Balaban J connectivity index is 0.00000364. The van der Waals surface area contributed by atoms with Crippen LogP contribution in [0.15, 0.2) is 27.7 Å². The second-order valence-electron chi connectivity index (χ2n) is 5.48. The Morgan fingerprint density at radius 2 is 1.89 bits per heavy atom. The predicted octanol–water partition coefficient (Wildman–Crippen LogP) is 2.70. The maximum Gasteiger partial charge on any atom is 0.223 e. The summed E-state index contributed by atoms with van der Waals surface area (Å²) < 4.78 is 16.2. The van der Waals surface area contributed by atoms with Crippen molar-refractivity contribution in [2.45, 2.75) is 33.7 Å². The number of aryl methyl sites for hydroxylation is 1. The first kappa shape index (κ1) is 23.0. The molecule has 150 valence electrons. The third-order valence-corrected chi connectivity index (χ3v) is 3.52. The van der Waals surface area contributed by atoms with Crippen molar-refractivity contribution < 1.29 is 14.0 Å². The van der Waals surface area contributed by atoms with Crippen molar-refractivity contribution in [1.29, 1.82) is 0 Å². The molecule has 0 fully saturated rings. The monoisotopic (exact) mass is 489 g/mol. The lowest BCUT2D eigenvalue weighted by atomic mass is 10.1. The standard InChI is InChI=1S/C18H27N5O3.HI/c1-5-24-15-8-7-14(11-16(15)25-6-2)9-10-20-18(19-4)21-12-17-22-13(3)26-23-17;/h7-8,11H,5-6,9-10,12H2,1-4H3,(H2,19,20,21);1H. The van der Waals surface area contributed by atoms with E-state index in [9.17, 15) is 0 Å². The molecule has 8 nitrogen and oxygen atoms in total. The number of hydrogen-bond donors (Lipinski definition) is 2. The molecule has 0 bridgehead atoms. The Bertz CT molecular complexity index is 721. The summed E-state index contributed by atoms with van der Waals surface area (Å²) in [6.07, 6.45) is 0.828. The van der Waals surface area contributed by atoms with Crippen LogP contribution in [-0.4, -0.2) is 42.9 Å². The average molecular weight is 489 g/mol. The van der Waals surface area contributed by atoms with Crippen LogP contribution in [0.25, 0.3) is 0 Å². The minimum atomic E-state index is 0. The molecule has 2 aromatic rings. The third kappa shape index (κ3) is 7.61. The van der Waals surface area contributed by atoms with E-state index in [0.717, 1.165) is 30.0 Å². The van der Waals surface area contributed by atoms with Crippen LogP contribution in [-0.2, 0) is 13.0 Å². The van der Waals surface area contributed by atoms with Gasteiger partial charge in [0.1, 0.15) is 0 Å². The van der Waals surface area contributed by atoms with Gasteiger partial charge in [-0.3, -0.25) is 4.99 Å². The van der Waals surface area contributed by atoms with Gasteiger partial charge >= 0.3 is 0 Å². The van der Waals surface area contributed by atoms with Crippen LogP contribution in [0.2, 0.25) is 0 Å². The Morgan fingerprint density at radius 3 is 2.52 bits per heavy atom. The summed E-state index contributed by atoms with van der Waals surface area (Å²) in [7, 11) is 1.72. The molecule has 0 saturated heterocycles. The molecule has 0 radical (unpaired) electrons. The Labute approximate surface area is 177 Å². The zero-order chi connectivity index (χ0) is 18.8. The quantitative estimate of drug-likeness (QED) is 0.318. The summed E-state index contributed by atoms with van der Waals surface area (Å²) in [4.78, 5) is 8.34. The summed E-state index contributed by atoms with van der Waals surface area (Å²) in [5.74, 6) is 3.38. The fourth-order valence-electron chi connectivity index (χ4n) is 2.37. The molecule has 0 aliphatic carbocycles. The number of aliphatic imine (C=N–C) groups is 1. The highest BCUT2D eigenvalue weighted by Crippen LogP contribution is 2.28. The molecule has 0 spiro atoms. The van der Waals surface area contributed by atoms with E-state index in [4.69, 9.17) is 14.0 Å². The highest BCUT2D eigenvalue weighted by Gasteiger charge is 2.07. The summed E-state index contributed by atoms with van der Waals surface area (Å²) in [5, 5.41) is 10.3. The molecular weight excluding hydrogens is 461 g/mol. The summed E-state index contributed by atoms with van der Waals surface area (Å²) in [6, 6.07) is 6.03. The van der Waals surface area contributed by atoms with E-state index < -0.39 is 0 Å². The molecule has 2 N–H and O–H groups in total. The van der Waals surface area contributed by atoms with Gasteiger partial charge in [-0.05, 0) is 38.0 Å². The minimum absolute atomic E-state index is 0. The Hall–Kier alpha value is -2.04. The van der Waals surface area contributed by atoms with E-state index in [1.165, 1.54) is 0 Å². The van der Waals surface area contributed by atoms with Crippen LogP contribution in [0.4, 0.5) is 0 Å². The molecule has 2 rings (SSSR count). The van der Waals surface area contributed by atoms with Crippen molar-refractivity contribution in [2.75, 3.05) is 26.8 Å². The van der Waals surface area contributed by atoms with Gasteiger partial charge in [0.05, 0.1) is 19.8 Å². The van der Waals surface area contributed by atoms with Crippen molar-refractivity contribution in [1.82, 2.24) is 20.8 Å². The van der Waals surface area contributed by atoms with Gasteiger partial charge in [0.25, 0.3) is 0 Å². The fourth-order valence-corrected chi connectivity index (χ4v) is 2.37. The van der Waals surface area contributed by atoms with E-state index in [2.05, 4.69) is 25.8 Å². The number of hydrogen-bond acceptors (Lipinski definition) is 6. The molecule has 0 saturated carbocycles. The first-order chi connectivity index (χ1) is 12.7. The van der Waals surface area contributed by atoms with E-state index in [1.54, 1.807) is 14.0 Å². The molecular formula is C18H28IN5O3. The van der Waals surface area contributed by atoms with E-state index in [-0.39, 0.29) is 24.0 Å². The highest BCUT2D eigenvalue weighted by molar-refractivity contribution is 14.0. The number of benzene rings is 1. The molecule has 9 heteroatoms. The van der Waals surface area contributed by atoms with Crippen molar-refractivity contribution in [3.05, 3.63) is 35.5 Å². The SMILES string of the molecule is CCOc1ccc(CCNC(=NC)NCc2noc(C)n2)cc1OCC.I. The molecule has 0 amide bonds. The van der Waals surface area contributed by atoms with E-state index in [0.29, 0.717) is 37.4 Å². The van der Waals surface area contributed by atoms with Gasteiger partial charge in [-0.1, -0.05) is 11.2 Å². The second-order valence-corrected chi connectivity index (χ2v) is 5.48. The van der Waals surface area contributed by atoms with Gasteiger partial charge in [-0.25, -0.2) is 0 Å². The van der Waals surface area contributed by atoms with Crippen LogP contribution in [0.1, 0.15) is 31.1 Å². The third-order valence-electron chi connectivity index (χ3n) is 3.52. The number of nitrogens with zero attached hydrogens (tertiary/aromatic N) is 3. The van der Waals surface area contributed by atoms with Crippen LogP contribution in [0, 0.1) is 6.92 Å². The topological polar surface area (TPSA) is 93.8 Å². The van der Waals surface area contributed by atoms with Crippen LogP contribution in [0.3, 0.4) is 0 Å². The maximum atomic E-state index is 5.66. The molecule has 0 unspecified atom stereocenters. The van der Waals surface area contributed by atoms with Gasteiger partial charge < -0.3 is 24.6 Å². The molecule has 1 aromatic carbocycles. The van der Waals surface area contributed by atoms with E-state index >= 15 is 0 Å². The van der Waals surface area contributed by atoms with Gasteiger partial charge in [0, 0.05) is 20.5 Å². The number of ether oxygens (including phenoxy) is 2. The van der Waals surface area contributed by atoms with Crippen LogP contribution in [0.5, 0.6) is 11.5 Å². The summed E-state index contributed by atoms with van der Waals surface area (Å²) >= 11 is 0. The number of halogens is 1. The van der Waals surface area contributed by atoms with Gasteiger partial charge in [-0.2, -0.15) is 4.98 Å². The Morgan fingerprint density at radius 1 is 1.15 bits per heavy atom. The Kier molecular flexibility index (Phi) is 10.5. The first-order valence-corrected chi connectivity index (χ1v) is 8.78. The van der Waals surface area contributed by atoms with Gasteiger partial charge in [-0.15, -0.1) is 24.0 Å². The molecule has 27 heavy (non-hydrogen) atoms. The largest absolute Gasteiger partial charge is 0.490 e. The molecule has 1 aromatic heterocycles. The van der Waals surface area contributed by atoms with Crippen molar-refractivity contribution in [3.8, 4) is 11.5 Å². The predicted molar refractivity (Wildman–Crippen MR) is 115 cm³/mol. The lowest BCUT2D eigenvalue weighted by Crippen LogP contribution is -2.38. The number of nitrogens with one attached hydrogen (secondary N) is 2. The lowest BCUT2D eigenvalue weighted by molar-refractivity contribution is 0.287. The molecule has 0 aliphatic heterocycles. The zero-order valence-corrected chi connectivity index (χ0v) is 18.6. The molecule has 1 heterocycles. The molecule has 0 aliphatic rings. The van der Waals surface area contributed by atoms with Crippen LogP contribution >= 0.6 is 24.0 Å². The first-order valence-electron chi connectivity index (χ1n) is 8.78. The van der Waals surface area contributed by atoms with Crippen molar-refractivity contribution >= 4 is 29.9 Å². The fraction of sp³-hybridized carbons (Fsp3) is 0.500. The van der Waals surface area contributed by atoms with Crippen LogP contribution < -0.4 is 20.1 Å². The van der Waals surface area contributed by atoms with Gasteiger partial charge in [0.2, 0.25) is 5.89 Å². The normalized spacial score (nSPS) is 10.9. The lowest BCUT2D eigenvalue weighted by Gasteiger charge is -2.13. The van der Waals surface area contributed by atoms with Crippen molar-refractivity contribution in [3.63, 3.8) is 0 Å². The smallest absolute Gasteiger partial charge is 0.223 e. The zero-order valence-electron chi connectivity index (χ0n) is 16.2. The van der Waals surface area contributed by atoms with E-state index in [1.807, 2.05) is 32.0 Å². The van der Waals surface area contributed by atoms with Gasteiger partial charge in [0.15, 0.2) is 23.3 Å².